The second kappa shape index (κ2) is 19.2. The molecule has 156 valence electrons. The molecule has 0 aliphatic heterocycles. The molecule has 0 aliphatic carbocycles. The van der Waals surface area contributed by atoms with Crippen LogP contribution in [0.15, 0.2) is 0 Å². The normalized spacial score (nSPS) is 11.5. The molecule has 0 atom stereocenters. The van der Waals surface area contributed by atoms with E-state index in [2.05, 4.69) is 27.7 Å². The molecule has 0 aliphatic rings. The first-order valence-electron chi connectivity index (χ1n) is 11.8. The Morgan fingerprint density at radius 2 is 1.04 bits per heavy atom. The zero-order chi connectivity index (χ0) is 19.5. The lowest BCUT2D eigenvalue weighted by molar-refractivity contribution is -0.148. The highest BCUT2D eigenvalue weighted by atomic mass is 16.5. The highest BCUT2D eigenvalue weighted by molar-refractivity contribution is 5.72. The standard InChI is InChI=1S/C24H48O2/c1-5-23(6-2)24(25)26-21-19-17-15-13-11-9-7-8-10-12-14-16-18-20-22(3)4/h22-23H,5-21H2,1-4H3. The van der Waals surface area contributed by atoms with E-state index in [1.54, 1.807) is 0 Å². The van der Waals surface area contributed by atoms with Crippen LogP contribution in [-0.4, -0.2) is 12.6 Å². The molecule has 0 bridgehead atoms. The second-order valence-electron chi connectivity index (χ2n) is 8.46. The number of esters is 1. The molecule has 0 spiro atoms. The third-order valence-electron chi connectivity index (χ3n) is 5.49. The van der Waals surface area contributed by atoms with Crippen LogP contribution >= 0.6 is 0 Å². The average Bonchev–Trinajstić information content (AvgIpc) is 2.62. The molecule has 26 heavy (non-hydrogen) atoms. The van der Waals surface area contributed by atoms with Gasteiger partial charge in [0.15, 0.2) is 0 Å². The van der Waals surface area contributed by atoms with Crippen LogP contribution in [0.2, 0.25) is 0 Å². The first kappa shape index (κ1) is 25.5. The second-order valence-corrected chi connectivity index (χ2v) is 8.46. The third-order valence-corrected chi connectivity index (χ3v) is 5.49. The number of carbonyl (C=O) groups is 1. The van der Waals surface area contributed by atoms with Crippen LogP contribution in [0.25, 0.3) is 0 Å². The van der Waals surface area contributed by atoms with E-state index >= 15 is 0 Å². The fraction of sp³-hybridized carbons (Fsp3) is 0.958. The van der Waals surface area contributed by atoms with Gasteiger partial charge < -0.3 is 4.74 Å². The summed E-state index contributed by atoms with van der Waals surface area (Å²) in [6.07, 6.45) is 20.9. The topological polar surface area (TPSA) is 26.3 Å². The van der Waals surface area contributed by atoms with Gasteiger partial charge in [0.05, 0.1) is 12.5 Å². The summed E-state index contributed by atoms with van der Waals surface area (Å²) in [6, 6.07) is 0. The first-order valence-corrected chi connectivity index (χ1v) is 11.8. The van der Waals surface area contributed by atoms with Crippen LogP contribution in [0, 0.1) is 11.8 Å². The Bertz CT molecular complexity index is 295. The zero-order valence-electron chi connectivity index (χ0n) is 18.5. The molecular weight excluding hydrogens is 320 g/mol. The lowest BCUT2D eigenvalue weighted by Gasteiger charge is -2.11. The highest BCUT2D eigenvalue weighted by Gasteiger charge is 2.14. The van der Waals surface area contributed by atoms with Crippen molar-refractivity contribution in [3.8, 4) is 0 Å². The van der Waals surface area contributed by atoms with Gasteiger partial charge in [0.1, 0.15) is 0 Å². The first-order chi connectivity index (χ1) is 12.6. The maximum atomic E-state index is 11.7. The number of hydrogen-bond donors (Lipinski definition) is 0. The summed E-state index contributed by atoms with van der Waals surface area (Å²) in [7, 11) is 0. The third kappa shape index (κ3) is 16.9. The van der Waals surface area contributed by atoms with E-state index in [1.165, 1.54) is 83.5 Å². The molecule has 0 rings (SSSR count). The van der Waals surface area contributed by atoms with Crippen molar-refractivity contribution in [3.63, 3.8) is 0 Å². The minimum Gasteiger partial charge on any atom is -0.465 e. The molecule has 0 saturated heterocycles. The minimum absolute atomic E-state index is 0.00919. The predicted octanol–water partition coefficient (Wildman–Crippen LogP) is 8.08. The van der Waals surface area contributed by atoms with Crippen molar-refractivity contribution in [1.29, 1.82) is 0 Å². The molecule has 2 heteroatoms. The van der Waals surface area contributed by atoms with Gasteiger partial charge in [-0.3, -0.25) is 4.79 Å². The van der Waals surface area contributed by atoms with Crippen LogP contribution < -0.4 is 0 Å². The van der Waals surface area contributed by atoms with Gasteiger partial charge in [-0.1, -0.05) is 111 Å². The van der Waals surface area contributed by atoms with Gasteiger partial charge >= 0.3 is 5.97 Å². The largest absolute Gasteiger partial charge is 0.465 e. The molecule has 0 aromatic heterocycles. The Balaban J connectivity index is 3.17. The molecular formula is C24H48O2. The Kier molecular flexibility index (Phi) is 18.8. The maximum Gasteiger partial charge on any atom is 0.308 e. The Morgan fingerprint density at radius 1 is 0.654 bits per heavy atom. The van der Waals surface area contributed by atoms with Gasteiger partial charge in [-0.05, 0) is 25.2 Å². The van der Waals surface area contributed by atoms with E-state index in [4.69, 9.17) is 4.74 Å². The van der Waals surface area contributed by atoms with Crippen molar-refractivity contribution < 1.29 is 9.53 Å². The number of hydrogen-bond acceptors (Lipinski definition) is 2. The van der Waals surface area contributed by atoms with Gasteiger partial charge in [0, 0.05) is 0 Å². The minimum atomic E-state index is 0.00919. The Morgan fingerprint density at radius 3 is 1.42 bits per heavy atom. The van der Waals surface area contributed by atoms with Gasteiger partial charge in [-0.15, -0.1) is 0 Å². The fourth-order valence-electron chi connectivity index (χ4n) is 3.51. The lowest BCUT2D eigenvalue weighted by atomic mass is 10.0. The SMILES string of the molecule is CCC(CC)C(=O)OCCCCCCCCCCCCCCCC(C)C. The van der Waals surface area contributed by atoms with E-state index < -0.39 is 0 Å². The van der Waals surface area contributed by atoms with Gasteiger partial charge in [0.2, 0.25) is 0 Å². The molecule has 0 amide bonds. The number of rotatable bonds is 19. The summed E-state index contributed by atoms with van der Waals surface area (Å²) < 4.78 is 5.37. The molecule has 0 N–H and O–H groups in total. The van der Waals surface area contributed by atoms with Crippen molar-refractivity contribution in [1.82, 2.24) is 0 Å². The monoisotopic (exact) mass is 368 g/mol. The van der Waals surface area contributed by atoms with Crippen LogP contribution in [-0.2, 0) is 9.53 Å². The molecule has 0 heterocycles. The smallest absolute Gasteiger partial charge is 0.308 e. The zero-order valence-corrected chi connectivity index (χ0v) is 18.5. The Labute approximate surface area is 164 Å². The molecule has 0 unspecified atom stereocenters. The number of unbranched alkanes of at least 4 members (excludes halogenated alkanes) is 12. The quantitative estimate of drug-likeness (QED) is 0.170. The molecule has 0 fully saturated rings. The Hall–Kier alpha value is -0.530. The number of carbonyl (C=O) groups excluding carboxylic acids is 1. The molecule has 2 nitrogen and oxygen atoms in total. The van der Waals surface area contributed by atoms with E-state index in [-0.39, 0.29) is 11.9 Å². The summed E-state index contributed by atoms with van der Waals surface area (Å²) in [5, 5.41) is 0. The molecule has 0 aromatic carbocycles. The fourth-order valence-corrected chi connectivity index (χ4v) is 3.51. The summed E-state index contributed by atoms with van der Waals surface area (Å²) in [5.74, 6) is 0.990. The summed E-state index contributed by atoms with van der Waals surface area (Å²) in [5.41, 5.74) is 0. The predicted molar refractivity (Wildman–Crippen MR) is 115 cm³/mol. The molecule has 0 saturated carbocycles. The van der Waals surface area contributed by atoms with Gasteiger partial charge in [-0.25, -0.2) is 0 Å². The van der Waals surface area contributed by atoms with Gasteiger partial charge in [-0.2, -0.15) is 0 Å². The van der Waals surface area contributed by atoms with Crippen LogP contribution in [0.3, 0.4) is 0 Å². The van der Waals surface area contributed by atoms with Crippen LogP contribution in [0.5, 0.6) is 0 Å². The van der Waals surface area contributed by atoms with Crippen molar-refractivity contribution >= 4 is 5.97 Å². The van der Waals surface area contributed by atoms with Crippen LogP contribution in [0.4, 0.5) is 0 Å². The van der Waals surface area contributed by atoms with E-state index in [0.29, 0.717) is 6.61 Å². The highest BCUT2D eigenvalue weighted by Crippen LogP contribution is 2.14. The van der Waals surface area contributed by atoms with E-state index in [9.17, 15) is 4.79 Å². The van der Waals surface area contributed by atoms with Crippen molar-refractivity contribution in [3.05, 3.63) is 0 Å². The van der Waals surface area contributed by atoms with Crippen molar-refractivity contribution in [2.24, 2.45) is 11.8 Å². The molecule has 0 radical (unpaired) electrons. The summed E-state index contributed by atoms with van der Waals surface area (Å²) in [4.78, 5) is 11.7. The number of ether oxygens (including phenoxy) is 1. The van der Waals surface area contributed by atoms with Crippen molar-refractivity contribution in [2.45, 2.75) is 130 Å². The summed E-state index contributed by atoms with van der Waals surface area (Å²) in [6.45, 7) is 9.38. The lowest BCUT2D eigenvalue weighted by Crippen LogP contribution is -2.16. The van der Waals surface area contributed by atoms with Gasteiger partial charge in [0.25, 0.3) is 0 Å². The van der Waals surface area contributed by atoms with Crippen molar-refractivity contribution in [2.75, 3.05) is 6.61 Å². The van der Waals surface area contributed by atoms with Crippen LogP contribution in [0.1, 0.15) is 130 Å². The average molecular weight is 369 g/mol. The molecule has 0 aromatic rings. The summed E-state index contributed by atoms with van der Waals surface area (Å²) >= 11 is 0. The van der Waals surface area contributed by atoms with E-state index in [0.717, 1.165) is 25.2 Å². The maximum absolute atomic E-state index is 11.7. The van der Waals surface area contributed by atoms with E-state index in [1.807, 2.05) is 0 Å².